The number of anilines is 2. The summed E-state index contributed by atoms with van der Waals surface area (Å²) in [6, 6.07) is 19.2. The van der Waals surface area contributed by atoms with Crippen molar-refractivity contribution in [2.45, 2.75) is 18.7 Å². The van der Waals surface area contributed by atoms with Crippen molar-refractivity contribution >= 4 is 40.9 Å². The number of hydrogen-bond donors (Lipinski definition) is 3. The topological polar surface area (TPSA) is 95.5 Å². The van der Waals surface area contributed by atoms with Crippen LogP contribution in [0.15, 0.2) is 71.6 Å². The minimum absolute atomic E-state index is 0.116. The Bertz CT molecular complexity index is 1140. The number of thioether (sulfide) groups is 1. The highest BCUT2D eigenvalue weighted by atomic mass is 32.2. The molecule has 3 rings (SSSR count). The quantitative estimate of drug-likeness (QED) is 0.456. The van der Waals surface area contributed by atoms with Gasteiger partial charge in [-0.1, -0.05) is 29.8 Å². The van der Waals surface area contributed by atoms with E-state index in [9.17, 15) is 14.4 Å². The average Bonchev–Trinajstić information content (AvgIpc) is 2.74. The second-order valence-electron chi connectivity index (χ2n) is 7.02. The van der Waals surface area contributed by atoms with Crippen molar-refractivity contribution in [3.63, 3.8) is 0 Å². The summed E-state index contributed by atoms with van der Waals surface area (Å²) in [6.07, 6.45) is 0. The number of carbonyl (C=O) groups excluding carboxylic acids is 2. The van der Waals surface area contributed by atoms with Gasteiger partial charge in [0, 0.05) is 21.8 Å². The first-order valence-corrected chi connectivity index (χ1v) is 10.5. The van der Waals surface area contributed by atoms with Crippen molar-refractivity contribution in [2.24, 2.45) is 0 Å². The number of carboxylic acids is 1. The van der Waals surface area contributed by atoms with Gasteiger partial charge in [0.1, 0.15) is 0 Å². The molecule has 0 aromatic heterocycles. The highest BCUT2D eigenvalue weighted by molar-refractivity contribution is 8.00. The maximum absolute atomic E-state index is 12.4. The molecule has 0 fully saturated rings. The number of benzene rings is 3. The summed E-state index contributed by atoms with van der Waals surface area (Å²) >= 11 is 1.32. The molecular formula is C24H22N2O4S. The molecule has 0 atom stereocenters. The second kappa shape index (κ2) is 9.95. The number of carbonyl (C=O) groups is 3. The van der Waals surface area contributed by atoms with Gasteiger partial charge in [-0.15, -0.1) is 11.8 Å². The summed E-state index contributed by atoms with van der Waals surface area (Å²) < 4.78 is 0. The van der Waals surface area contributed by atoms with E-state index in [1.165, 1.54) is 23.9 Å². The lowest BCUT2D eigenvalue weighted by molar-refractivity contribution is -0.113. The highest BCUT2D eigenvalue weighted by Gasteiger charge is 2.11. The Labute approximate surface area is 184 Å². The van der Waals surface area contributed by atoms with Crippen molar-refractivity contribution in [1.82, 2.24) is 0 Å². The van der Waals surface area contributed by atoms with Crippen LogP contribution in [0.5, 0.6) is 0 Å². The Morgan fingerprint density at radius 3 is 2.39 bits per heavy atom. The van der Waals surface area contributed by atoms with Gasteiger partial charge in [-0.2, -0.15) is 0 Å². The van der Waals surface area contributed by atoms with E-state index in [1.807, 2.05) is 43.3 Å². The highest BCUT2D eigenvalue weighted by Crippen LogP contribution is 2.23. The van der Waals surface area contributed by atoms with E-state index in [2.05, 4.69) is 10.6 Å². The van der Waals surface area contributed by atoms with Crippen LogP contribution in [0.25, 0.3) is 0 Å². The average molecular weight is 435 g/mol. The van der Waals surface area contributed by atoms with Gasteiger partial charge in [0.25, 0.3) is 5.91 Å². The third-order valence-corrected chi connectivity index (χ3v) is 5.49. The molecule has 158 valence electrons. The molecule has 3 aromatic carbocycles. The number of carboxylic acid groups (broad SMARTS) is 1. The van der Waals surface area contributed by atoms with Crippen LogP contribution in [0.3, 0.4) is 0 Å². The molecule has 0 bridgehead atoms. The van der Waals surface area contributed by atoms with Crippen LogP contribution in [-0.2, 0) is 4.79 Å². The van der Waals surface area contributed by atoms with Gasteiger partial charge in [-0.3, -0.25) is 9.59 Å². The molecule has 0 aliphatic carbocycles. The van der Waals surface area contributed by atoms with Crippen molar-refractivity contribution in [3.8, 4) is 0 Å². The standard InChI is InChI=1S/C24H22N2O4S/c1-15-5-3-6-17(11-15)23(28)25-19-7-4-8-20(13-19)31-14-22(27)26-21-12-18(24(29)30)10-9-16(21)2/h3-13H,14H2,1-2H3,(H,25,28)(H,26,27)(H,29,30). The van der Waals surface area contributed by atoms with Crippen LogP contribution in [-0.4, -0.2) is 28.6 Å². The fraction of sp³-hybridized carbons (Fsp3) is 0.125. The molecular weight excluding hydrogens is 412 g/mol. The summed E-state index contributed by atoms with van der Waals surface area (Å²) in [5, 5.41) is 14.7. The first-order valence-electron chi connectivity index (χ1n) is 9.56. The second-order valence-corrected chi connectivity index (χ2v) is 8.07. The zero-order chi connectivity index (χ0) is 22.4. The molecule has 2 amide bonds. The fourth-order valence-corrected chi connectivity index (χ4v) is 3.63. The van der Waals surface area contributed by atoms with Gasteiger partial charge >= 0.3 is 5.97 Å². The molecule has 0 spiro atoms. The Kier molecular flexibility index (Phi) is 7.10. The van der Waals surface area contributed by atoms with Gasteiger partial charge in [-0.25, -0.2) is 4.79 Å². The largest absolute Gasteiger partial charge is 0.478 e. The monoisotopic (exact) mass is 434 g/mol. The molecule has 6 nitrogen and oxygen atoms in total. The lowest BCUT2D eigenvalue weighted by Crippen LogP contribution is -2.15. The van der Waals surface area contributed by atoms with Crippen molar-refractivity contribution < 1.29 is 19.5 Å². The lowest BCUT2D eigenvalue weighted by Gasteiger charge is -2.10. The summed E-state index contributed by atoms with van der Waals surface area (Å²) in [7, 11) is 0. The van der Waals surface area contributed by atoms with Crippen LogP contribution in [0.1, 0.15) is 31.8 Å². The number of aromatic carboxylic acids is 1. The molecule has 0 unspecified atom stereocenters. The van der Waals surface area contributed by atoms with Crippen molar-refractivity contribution in [1.29, 1.82) is 0 Å². The van der Waals surface area contributed by atoms with E-state index in [4.69, 9.17) is 5.11 Å². The Balaban J connectivity index is 1.60. The number of aryl methyl sites for hydroxylation is 2. The Hall–Kier alpha value is -3.58. The van der Waals surface area contributed by atoms with Crippen LogP contribution in [0, 0.1) is 13.8 Å². The van der Waals surface area contributed by atoms with E-state index in [0.717, 1.165) is 16.0 Å². The third kappa shape index (κ3) is 6.20. The van der Waals surface area contributed by atoms with E-state index in [1.54, 1.807) is 25.1 Å². The maximum Gasteiger partial charge on any atom is 0.335 e. The molecule has 0 radical (unpaired) electrons. The van der Waals surface area contributed by atoms with Crippen LogP contribution in [0.4, 0.5) is 11.4 Å². The summed E-state index contributed by atoms with van der Waals surface area (Å²) in [6.45, 7) is 3.73. The summed E-state index contributed by atoms with van der Waals surface area (Å²) in [4.78, 5) is 36.7. The molecule has 7 heteroatoms. The number of amides is 2. The van der Waals surface area contributed by atoms with E-state index >= 15 is 0 Å². The fourth-order valence-electron chi connectivity index (χ4n) is 2.88. The smallest absolute Gasteiger partial charge is 0.335 e. The van der Waals surface area contributed by atoms with Gasteiger partial charge in [0.05, 0.1) is 11.3 Å². The number of rotatable bonds is 7. The lowest BCUT2D eigenvalue weighted by atomic mass is 10.1. The molecule has 3 N–H and O–H groups in total. The third-order valence-electron chi connectivity index (χ3n) is 4.50. The van der Waals surface area contributed by atoms with E-state index in [0.29, 0.717) is 16.9 Å². The van der Waals surface area contributed by atoms with Crippen molar-refractivity contribution in [2.75, 3.05) is 16.4 Å². The SMILES string of the molecule is Cc1cccc(C(=O)Nc2cccc(SCC(=O)Nc3cc(C(=O)O)ccc3C)c2)c1. The Morgan fingerprint density at radius 1 is 0.871 bits per heavy atom. The zero-order valence-electron chi connectivity index (χ0n) is 17.1. The van der Waals surface area contributed by atoms with Crippen molar-refractivity contribution in [3.05, 3.63) is 89.0 Å². The number of nitrogens with one attached hydrogen (secondary N) is 2. The molecule has 0 aliphatic rings. The Morgan fingerprint density at radius 2 is 1.65 bits per heavy atom. The van der Waals surface area contributed by atoms with Crippen LogP contribution in [0.2, 0.25) is 0 Å². The normalized spacial score (nSPS) is 10.4. The first-order chi connectivity index (χ1) is 14.8. The molecule has 0 aliphatic heterocycles. The molecule has 0 saturated heterocycles. The van der Waals surface area contributed by atoms with E-state index in [-0.39, 0.29) is 23.1 Å². The molecule has 3 aromatic rings. The van der Waals surface area contributed by atoms with Gasteiger partial charge in [0.2, 0.25) is 5.91 Å². The minimum atomic E-state index is -1.05. The molecule has 31 heavy (non-hydrogen) atoms. The maximum atomic E-state index is 12.4. The first kappa shape index (κ1) is 22.1. The predicted molar refractivity (Wildman–Crippen MR) is 123 cm³/mol. The zero-order valence-corrected chi connectivity index (χ0v) is 18.0. The number of hydrogen-bond acceptors (Lipinski definition) is 4. The predicted octanol–water partition coefficient (Wildman–Crippen LogP) is 4.98. The van der Waals surface area contributed by atoms with Crippen LogP contribution >= 0.6 is 11.8 Å². The van der Waals surface area contributed by atoms with E-state index < -0.39 is 5.97 Å². The summed E-state index contributed by atoms with van der Waals surface area (Å²) in [5.41, 5.74) is 3.60. The summed E-state index contributed by atoms with van der Waals surface area (Å²) in [5.74, 6) is -1.34. The molecule has 0 heterocycles. The van der Waals surface area contributed by atoms with Gasteiger partial charge < -0.3 is 15.7 Å². The molecule has 0 saturated carbocycles. The minimum Gasteiger partial charge on any atom is -0.478 e. The van der Waals surface area contributed by atoms with Crippen LogP contribution < -0.4 is 10.6 Å². The van der Waals surface area contributed by atoms with Gasteiger partial charge in [0.15, 0.2) is 0 Å². The van der Waals surface area contributed by atoms with Gasteiger partial charge in [-0.05, 0) is 61.9 Å².